The van der Waals surface area contributed by atoms with Gasteiger partial charge in [-0.1, -0.05) is 12.1 Å². The molecule has 4 rings (SSSR count). The van der Waals surface area contributed by atoms with Crippen LogP contribution in [0.1, 0.15) is 50.9 Å². The highest BCUT2D eigenvalue weighted by molar-refractivity contribution is 6.01. The fraction of sp³-hybridized carbons (Fsp3) is 0.435. The predicted octanol–water partition coefficient (Wildman–Crippen LogP) is 1.71. The van der Waals surface area contributed by atoms with Crippen LogP contribution in [0.25, 0.3) is 0 Å². The molecule has 2 aromatic rings. The summed E-state index contributed by atoms with van der Waals surface area (Å²) in [4.78, 5) is 42.5. The van der Waals surface area contributed by atoms with E-state index in [4.69, 9.17) is 9.47 Å². The lowest BCUT2D eigenvalue weighted by molar-refractivity contribution is 0.0162. The largest absolute Gasteiger partial charge is 0.497 e. The number of aromatic amines is 1. The molecule has 1 aromatic carbocycles. The summed E-state index contributed by atoms with van der Waals surface area (Å²) < 4.78 is 10.7. The highest BCUT2D eigenvalue weighted by Gasteiger charge is 2.25. The number of ketones is 1. The number of benzene rings is 1. The third kappa shape index (κ3) is 4.70. The Morgan fingerprint density at radius 2 is 1.94 bits per heavy atom. The van der Waals surface area contributed by atoms with Crippen LogP contribution in [-0.2, 0) is 11.2 Å². The molecule has 1 saturated heterocycles. The second kappa shape index (κ2) is 9.45. The number of fused-ring (bicyclic) bond motifs is 1. The molecule has 2 N–H and O–H groups in total. The van der Waals surface area contributed by atoms with Crippen molar-refractivity contribution in [3.8, 4) is 5.75 Å². The molecule has 0 unspecified atom stereocenters. The molecule has 1 fully saturated rings. The van der Waals surface area contributed by atoms with Gasteiger partial charge in [0, 0.05) is 37.3 Å². The lowest BCUT2D eigenvalue weighted by atomic mass is 9.93. The normalized spacial score (nSPS) is 17.6. The van der Waals surface area contributed by atoms with Crippen LogP contribution in [0.4, 0.5) is 0 Å². The lowest BCUT2D eigenvalue weighted by Gasteiger charge is -2.35. The average molecular weight is 425 g/mol. The first kappa shape index (κ1) is 21.3. The van der Waals surface area contributed by atoms with Crippen LogP contribution < -0.4 is 15.6 Å². The summed E-state index contributed by atoms with van der Waals surface area (Å²) in [6.45, 7) is 3.09. The number of morpholine rings is 1. The number of aromatic nitrogens is 1. The molecule has 8 heteroatoms. The second-order valence-electron chi connectivity index (χ2n) is 7.83. The molecule has 1 aliphatic carbocycles. The Morgan fingerprint density at radius 3 is 2.65 bits per heavy atom. The topological polar surface area (TPSA) is 101 Å². The van der Waals surface area contributed by atoms with E-state index in [9.17, 15) is 14.4 Å². The summed E-state index contributed by atoms with van der Waals surface area (Å²) in [7, 11) is 1.62. The number of pyridine rings is 1. The standard InChI is InChI=1S/C23H27N3O5/c1-30-16-7-5-15(6-8-16)20(26-9-11-31-12-10-26)14-24-22(28)18-13-17-19(25-23(18)29)3-2-4-21(17)27/h5-8,13,20H,2-4,9-12,14H2,1H3,(H,24,28)(H,25,29)/t20-/m1/s1. The number of hydrogen-bond donors (Lipinski definition) is 2. The molecule has 0 saturated carbocycles. The first-order chi connectivity index (χ1) is 15.1. The van der Waals surface area contributed by atoms with E-state index >= 15 is 0 Å². The number of Topliss-reactive ketones (excluding diaryl/α,β-unsaturated/α-hetero) is 1. The highest BCUT2D eigenvalue weighted by atomic mass is 16.5. The van der Waals surface area contributed by atoms with Crippen LogP contribution in [0, 0.1) is 0 Å². The quantitative estimate of drug-likeness (QED) is 0.731. The number of carbonyl (C=O) groups excluding carboxylic acids is 2. The van der Waals surface area contributed by atoms with Crippen molar-refractivity contribution in [2.75, 3.05) is 40.0 Å². The maximum atomic E-state index is 12.9. The number of methoxy groups -OCH3 is 1. The van der Waals surface area contributed by atoms with E-state index in [0.29, 0.717) is 43.9 Å². The molecule has 1 amide bonds. The number of hydrogen-bond acceptors (Lipinski definition) is 6. The van der Waals surface area contributed by atoms with E-state index in [1.807, 2.05) is 24.3 Å². The van der Waals surface area contributed by atoms with Crippen LogP contribution in [-0.4, -0.2) is 61.5 Å². The highest BCUT2D eigenvalue weighted by Crippen LogP contribution is 2.24. The molecule has 164 valence electrons. The molecule has 2 heterocycles. The molecule has 31 heavy (non-hydrogen) atoms. The van der Waals surface area contributed by atoms with Gasteiger partial charge in [-0.25, -0.2) is 0 Å². The molecule has 0 bridgehead atoms. The number of carbonyl (C=O) groups is 2. The molecule has 0 spiro atoms. The molecule has 1 atom stereocenters. The van der Waals surface area contributed by atoms with Gasteiger partial charge < -0.3 is 19.8 Å². The number of nitrogens with zero attached hydrogens (tertiary/aromatic N) is 1. The van der Waals surface area contributed by atoms with E-state index in [0.717, 1.165) is 30.8 Å². The number of aryl methyl sites for hydroxylation is 1. The molecule has 1 aliphatic heterocycles. The summed E-state index contributed by atoms with van der Waals surface area (Å²) in [5, 5.41) is 2.90. The summed E-state index contributed by atoms with van der Waals surface area (Å²) in [6, 6.07) is 9.12. The van der Waals surface area contributed by atoms with Crippen molar-refractivity contribution in [2.45, 2.75) is 25.3 Å². The number of H-pyrrole nitrogens is 1. The van der Waals surface area contributed by atoms with Crippen molar-refractivity contribution in [1.82, 2.24) is 15.2 Å². The number of amides is 1. The number of nitrogens with one attached hydrogen (secondary N) is 2. The van der Waals surface area contributed by atoms with Crippen LogP contribution in [0.3, 0.4) is 0 Å². The smallest absolute Gasteiger partial charge is 0.261 e. The molecule has 0 radical (unpaired) electrons. The lowest BCUT2D eigenvalue weighted by Crippen LogP contribution is -2.44. The van der Waals surface area contributed by atoms with Crippen molar-refractivity contribution >= 4 is 11.7 Å². The summed E-state index contributed by atoms with van der Waals surface area (Å²) in [5.74, 6) is 0.254. The van der Waals surface area contributed by atoms with Crippen molar-refractivity contribution in [2.24, 2.45) is 0 Å². The molecular formula is C23H27N3O5. The van der Waals surface area contributed by atoms with Gasteiger partial charge in [-0.05, 0) is 36.6 Å². The zero-order valence-corrected chi connectivity index (χ0v) is 17.6. The van der Waals surface area contributed by atoms with Gasteiger partial charge in [0.2, 0.25) is 0 Å². The van der Waals surface area contributed by atoms with Gasteiger partial charge in [0.05, 0.1) is 26.4 Å². The third-order valence-electron chi connectivity index (χ3n) is 5.94. The van der Waals surface area contributed by atoms with Gasteiger partial charge in [0.1, 0.15) is 11.3 Å². The minimum Gasteiger partial charge on any atom is -0.497 e. The van der Waals surface area contributed by atoms with Crippen LogP contribution >= 0.6 is 0 Å². The van der Waals surface area contributed by atoms with Gasteiger partial charge in [-0.15, -0.1) is 0 Å². The maximum absolute atomic E-state index is 12.9. The first-order valence-corrected chi connectivity index (χ1v) is 10.6. The Labute approximate surface area is 180 Å². The van der Waals surface area contributed by atoms with Gasteiger partial charge in [0.15, 0.2) is 5.78 Å². The van der Waals surface area contributed by atoms with Gasteiger partial charge in [-0.2, -0.15) is 0 Å². The van der Waals surface area contributed by atoms with Crippen molar-refractivity contribution in [3.05, 3.63) is 63.1 Å². The Morgan fingerprint density at radius 1 is 1.19 bits per heavy atom. The van der Waals surface area contributed by atoms with Crippen molar-refractivity contribution in [3.63, 3.8) is 0 Å². The fourth-order valence-corrected chi connectivity index (χ4v) is 4.20. The van der Waals surface area contributed by atoms with E-state index in [1.165, 1.54) is 6.07 Å². The zero-order valence-electron chi connectivity index (χ0n) is 17.6. The third-order valence-corrected chi connectivity index (χ3v) is 5.94. The molecule has 2 aliphatic rings. The monoisotopic (exact) mass is 425 g/mol. The van der Waals surface area contributed by atoms with Crippen molar-refractivity contribution < 1.29 is 19.1 Å². The Bertz CT molecular complexity index is 1010. The number of ether oxygens (including phenoxy) is 2. The second-order valence-corrected chi connectivity index (χ2v) is 7.83. The minimum atomic E-state index is -0.478. The van der Waals surface area contributed by atoms with Crippen LogP contribution in [0.15, 0.2) is 35.1 Å². The van der Waals surface area contributed by atoms with E-state index < -0.39 is 11.5 Å². The SMILES string of the molecule is COc1ccc([C@@H](CNC(=O)c2cc3c([nH]c2=O)CCCC3=O)N2CCOCC2)cc1. The summed E-state index contributed by atoms with van der Waals surface area (Å²) in [5.41, 5.74) is 1.64. The Kier molecular flexibility index (Phi) is 6.48. The molecular weight excluding hydrogens is 398 g/mol. The van der Waals surface area contributed by atoms with Crippen molar-refractivity contribution in [1.29, 1.82) is 0 Å². The van der Waals surface area contributed by atoms with Crippen LogP contribution in [0.5, 0.6) is 5.75 Å². The van der Waals surface area contributed by atoms with Crippen LogP contribution in [0.2, 0.25) is 0 Å². The van der Waals surface area contributed by atoms with E-state index in [-0.39, 0.29) is 17.4 Å². The van der Waals surface area contributed by atoms with Gasteiger partial charge in [-0.3, -0.25) is 19.3 Å². The molecule has 8 nitrogen and oxygen atoms in total. The predicted molar refractivity (Wildman–Crippen MR) is 115 cm³/mol. The minimum absolute atomic E-state index is 0.0236. The van der Waals surface area contributed by atoms with Gasteiger partial charge >= 0.3 is 0 Å². The molecule has 1 aromatic heterocycles. The average Bonchev–Trinajstić information content (AvgIpc) is 2.80. The zero-order chi connectivity index (χ0) is 21.8. The fourth-order valence-electron chi connectivity index (χ4n) is 4.20. The Hall–Kier alpha value is -2.97. The number of rotatable bonds is 6. The summed E-state index contributed by atoms with van der Waals surface area (Å²) in [6.07, 6.45) is 1.81. The van der Waals surface area contributed by atoms with Gasteiger partial charge in [0.25, 0.3) is 11.5 Å². The van der Waals surface area contributed by atoms with E-state index in [2.05, 4.69) is 15.2 Å². The Balaban J connectivity index is 1.53. The summed E-state index contributed by atoms with van der Waals surface area (Å²) >= 11 is 0. The maximum Gasteiger partial charge on any atom is 0.261 e. The first-order valence-electron chi connectivity index (χ1n) is 10.6. The van der Waals surface area contributed by atoms with E-state index in [1.54, 1.807) is 7.11 Å².